The Kier molecular flexibility index (Phi) is 4.45. The van der Waals surface area contributed by atoms with Crippen LogP contribution in [0.5, 0.6) is 6.08 Å². The lowest BCUT2D eigenvalue weighted by molar-refractivity contribution is 0.163. The molecule has 0 saturated carbocycles. The first-order valence-electron chi connectivity index (χ1n) is 6.85. The van der Waals surface area contributed by atoms with Crippen molar-refractivity contribution >= 4 is 0 Å². The molecule has 0 aliphatic carbocycles. The second-order valence-corrected chi connectivity index (χ2v) is 5.88. The average molecular weight is 274 g/mol. The van der Waals surface area contributed by atoms with Crippen molar-refractivity contribution in [1.29, 1.82) is 0 Å². The highest BCUT2D eigenvalue weighted by Crippen LogP contribution is 2.20. The predicted octanol–water partition coefficient (Wildman–Crippen LogP) is 3.70. The number of nitrogens with one attached hydrogen (secondary N) is 1. The molecule has 1 unspecified atom stereocenters. The molecule has 1 aromatic carbocycles. The molecule has 1 heterocycles. The molecule has 0 aliphatic heterocycles. The van der Waals surface area contributed by atoms with Gasteiger partial charge in [-0.05, 0) is 33.3 Å². The number of nitrogens with zero attached hydrogens (tertiary/aromatic N) is 1. The monoisotopic (exact) mass is 274 g/mol. The van der Waals surface area contributed by atoms with E-state index in [9.17, 15) is 0 Å². The van der Waals surface area contributed by atoms with E-state index in [1.807, 2.05) is 37.3 Å². The van der Waals surface area contributed by atoms with Gasteiger partial charge in [-0.15, -0.1) is 0 Å². The Bertz CT molecular complexity index is 529. The van der Waals surface area contributed by atoms with Crippen molar-refractivity contribution in [1.82, 2.24) is 10.3 Å². The molecule has 0 amide bonds. The minimum absolute atomic E-state index is 0.0529. The van der Waals surface area contributed by atoms with Gasteiger partial charge in [0, 0.05) is 12.1 Å². The summed E-state index contributed by atoms with van der Waals surface area (Å²) in [7, 11) is 0. The van der Waals surface area contributed by atoms with Gasteiger partial charge < -0.3 is 14.5 Å². The van der Waals surface area contributed by atoms with Crippen molar-refractivity contribution in [2.75, 3.05) is 0 Å². The first-order valence-corrected chi connectivity index (χ1v) is 6.85. The van der Waals surface area contributed by atoms with E-state index in [1.54, 1.807) is 6.26 Å². The molecule has 4 heteroatoms. The second-order valence-electron chi connectivity index (χ2n) is 5.88. The number of hydrogen-bond acceptors (Lipinski definition) is 4. The number of benzene rings is 1. The van der Waals surface area contributed by atoms with Gasteiger partial charge in [0.2, 0.25) is 0 Å². The fraction of sp³-hybridized carbons (Fsp3) is 0.438. The molecule has 2 aromatic rings. The topological polar surface area (TPSA) is 47.3 Å². The van der Waals surface area contributed by atoms with E-state index in [0.717, 1.165) is 11.3 Å². The highest BCUT2D eigenvalue weighted by atomic mass is 16.6. The summed E-state index contributed by atoms with van der Waals surface area (Å²) in [5.74, 6) is 0. The zero-order valence-electron chi connectivity index (χ0n) is 12.5. The zero-order valence-corrected chi connectivity index (χ0v) is 12.5. The van der Waals surface area contributed by atoms with Crippen LogP contribution in [0.15, 0.2) is 41.0 Å². The van der Waals surface area contributed by atoms with Crippen molar-refractivity contribution in [3.05, 3.63) is 47.9 Å². The summed E-state index contributed by atoms with van der Waals surface area (Å²) in [6.07, 6.45) is 1.86. The van der Waals surface area contributed by atoms with E-state index in [1.165, 1.54) is 0 Å². The third kappa shape index (κ3) is 4.38. The molecular weight excluding hydrogens is 252 g/mol. The molecule has 0 bridgehead atoms. The summed E-state index contributed by atoms with van der Waals surface area (Å²) in [6.45, 7) is 8.98. The number of ether oxygens (including phenoxy) is 1. The van der Waals surface area contributed by atoms with Gasteiger partial charge in [-0.1, -0.05) is 30.3 Å². The van der Waals surface area contributed by atoms with Gasteiger partial charge in [0.15, 0.2) is 0 Å². The lowest BCUT2D eigenvalue weighted by Gasteiger charge is -2.19. The minimum atomic E-state index is -0.0849. The highest BCUT2D eigenvalue weighted by Gasteiger charge is 2.13. The first-order chi connectivity index (χ1) is 9.44. The van der Waals surface area contributed by atoms with Crippen LogP contribution in [0.25, 0.3) is 0 Å². The average Bonchev–Trinajstić information content (AvgIpc) is 2.84. The maximum absolute atomic E-state index is 5.71. The lowest BCUT2D eigenvalue weighted by atomic mass is 10.1. The van der Waals surface area contributed by atoms with E-state index >= 15 is 0 Å². The summed E-state index contributed by atoms with van der Waals surface area (Å²) < 4.78 is 11.1. The number of oxazole rings is 1. The molecular formula is C16H22N2O2. The summed E-state index contributed by atoms with van der Waals surface area (Å²) in [6, 6.07) is 10.0. The number of hydrogen-bond donors (Lipinski definition) is 1. The Morgan fingerprint density at radius 3 is 2.60 bits per heavy atom. The third-order valence-electron chi connectivity index (χ3n) is 2.88. The molecule has 4 nitrogen and oxygen atoms in total. The van der Waals surface area contributed by atoms with E-state index < -0.39 is 0 Å². The van der Waals surface area contributed by atoms with Crippen molar-refractivity contribution < 1.29 is 9.15 Å². The normalized spacial score (nSPS) is 13.2. The maximum Gasteiger partial charge on any atom is 0.394 e. The quantitative estimate of drug-likeness (QED) is 0.903. The molecule has 0 radical (unpaired) electrons. The molecule has 0 spiro atoms. The van der Waals surface area contributed by atoms with Crippen molar-refractivity contribution in [3.63, 3.8) is 0 Å². The molecule has 1 N–H and O–H groups in total. The Labute approximate surface area is 120 Å². The van der Waals surface area contributed by atoms with Crippen LogP contribution in [-0.4, -0.2) is 10.5 Å². The van der Waals surface area contributed by atoms with Crippen molar-refractivity contribution in [2.45, 2.75) is 45.9 Å². The smallest absolute Gasteiger partial charge is 0.394 e. The largest absolute Gasteiger partial charge is 0.442 e. The number of aromatic nitrogens is 1. The summed E-state index contributed by atoms with van der Waals surface area (Å²) >= 11 is 0. The zero-order chi connectivity index (χ0) is 14.6. The lowest BCUT2D eigenvalue weighted by Crippen LogP contribution is -2.35. The van der Waals surface area contributed by atoms with Crippen molar-refractivity contribution in [3.8, 4) is 6.08 Å². The minimum Gasteiger partial charge on any atom is -0.442 e. The van der Waals surface area contributed by atoms with Crippen molar-refractivity contribution in [2.24, 2.45) is 0 Å². The summed E-state index contributed by atoms with van der Waals surface area (Å²) in [4.78, 5) is 4.33. The van der Waals surface area contributed by atoms with Gasteiger partial charge in [-0.25, -0.2) is 0 Å². The Morgan fingerprint density at radius 1 is 1.25 bits per heavy atom. The molecule has 1 atom stereocenters. The van der Waals surface area contributed by atoms with Crippen LogP contribution in [0.2, 0.25) is 0 Å². The molecule has 108 valence electrons. The Balaban J connectivity index is 1.93. The van der Waals surface area contributed by atoms with E-state index in [0.29, 0.717) is 12.6 Å². The predicted molar refractivity (Wildman–Crippen MR) is 78.6 cm³/mol. The maximum atomic E-state index is 5.71. The van der Waals surface area contributed by atoms with Crippen LogP contribution in [0.1, 0.15) is 45.1 Å². The van der Waals surface area contributed by atoms with E-state index in [4.69, 9.17) is 9.15 Å². The van der Waals surface area contributed by atoms with Gasteiger partial charge in [0.1, 0.15) is 12.4 Å². The van der Waals surface area contributed by atoms with Crippen LogP contribution in [0, 0.1) is 0 Å². The molecule has 0 aliphatic rings. The van der Waals surface area contributed by atoms with E-state index in [2.05, 4.69) is 31.1 Å². The van der Waals surface area contributed by atoms with Crippen LogP contribution >= 0.6 is 0 Å². The third-order valence-corrected chi connectivity index (χ3v) is 2.88. The summed E-state index contributed by atoms with van der Waals surface area (Å²) in [5.41, 5.74) is 1.99. The molecule has 1 aromatic heterocycles. The van der Waals surface area contributed by atoms with Gasteiger partial charge in [-0.2, -0.15) is 4.98 Å². The Hall–Kier alpha value is -1.81. The highest BCUT2D eigenvalue weighted by molar-refractivity contribution is 5.17. The molecule has 2 rings (SSSR count). The fourth-order valence-corrected chi connectivity index (χ4v) is 1.72. The second kappa shape index (κ2) is 6.09. The standard InChI is InChI=1S/C16H22N2O2/c1-12(13-8-6-5-7-9-13)20-15-18-14(11-19-15)10-17-16(2,3)4/h5-9,11-12,17H,10H2,1-4H3. The SMILES string of the molecule is CC(Oc1nc(CNC(C)(C)C)co1)c1ccccc1. The van der Waals surface area contributed by atoms with Gasteiger partial charge in [-0.3, -0.25) is 0 Å². The number of rotatable bonds is 5. The van der Waals surface area contributed by atoms with Crippen LogP contribution < -0.4 is 10.1 Å². The van der Waals surface area contributed by atoms with Gasteiger partial charge >= 0.3 is 6.08 Å². The van der Waals surface area contributed by atoms with Gasteiger partial charge in [0.25, 0.3) is 0 Å². The summed E-state index contributed by atoms with van der Waals surface area (Å²) in [5, 5.41) is 3.36. The van der Waals surface area contributed by atoms with Gasteiger partial charge in [0.05, 0.1) is 5.69 Å². The first kappa shape index (κ1) is 14.6. The molecule has 0 saturated heterocycles. The van der Waals surface area contributed by atoms with Crippen LogP contribution in [0.3, 0.4) is 0 Å². The van der Waals surface area contributed by atoms with Crippen LogP contribution in [0.4, 0.5) is 0 Å². The Morgan fingerprint density at radius 2 is 1.95 bits per heavy atom. The van der Waals surface area contributed by atoms with E-state index in [-0.39, 0.29) is 11.6 Å². The molecule has 0 fully saturated rings. The van der Waals surface area contributed by atoms with Crippen LogP contribution in [-0.2, 0) is 6.54 Å². The fourth-order valence-electron chi connectivity index (χ4n) is 1.72. The molecule has 20 heavy (non-hydrogen) atoms.